The van der Waals surface area contributed by atoms with E-state index in [1.165, 1.54) is 11.6 Å². The van der Waals surface area contributed by atoms with E-state index >= 15 is 0 Å². The van der Waals surface area contributed by atoms with Crippen LogP contribution in [0.15, 0.2) is 108 Å². The molecule has 2 amide bonds. The van der Waals surface area contributed by atoms with Crippen LogP contribution < -0.4 is 10.6 Å². The molecule has 6 heteroatoms. The lowest BCUT2D eigenvalue weighted by Gasteiger charge is -2.12. The Morgan fingerprint density at radius 2 is 1.50 bits per heavy atom. The average molecular weight is 521 g/mol. The van der Waals surface area contributed by atoms with Gasteiger partial charge in [0.05, 0.1) is 0 Å². The SMILES string of the molecule is CC(C)c1ccc(/C=C(\NC(=O)c2ccccc2)C(=O)Nc2ccc(C(=O)/C=C/c3cccs3)cc2)cc1. The van der Waals surface area contributed by atoms with E-state index < -0.39 is 5.91 Å². The van der Waals surface area contributed by atoms with Crippen LogP contribution in [0.1, 0.15) is 56.5 Å². The summed E-state index contributed by atoms with van der Waals surface area (Å²) in [4.78, 5) is 39.6. The number of thiophene rings is 1. The molecule has 0 spiro atoms. The van der Waals surface area contributed by atoms with Crippen molar-refractivity contribution in [3.8, 4) is 0 Å². The molecule has 0 aliphatic rings. The van der Waals surface area contributed by atoms with Crippen LogP contribution >= 0.6 is 11.3 Å². The van der Waals surface area contributed by atoms with E-state index in [2.05, 4.69) is 24.5 Å². The van der Waals surface area contributed by atoms with Crippen molar-refractivity contribution in [3.63, 3.8) is 0 Å². The molecular weight excluding hydrogens is 492 g/mol. The fourth-order valence-electron chi connectivity index (χ4n) is 3.64. The van der Waals surface area contributed by atoms with Crippen molar-refractivity contribution in [1.29, 1.82) is 0 Å². The first-order valence-corrected chi connectivity index (χ1v) is 13.1. The smallest absolute Gasteiger partial charge is 0.272 e. The largest absolute Gasteiger partial charge is 0.321 e. The Hall–Kier alpha value is -4.55. The molecule has 2 N–H and O–H groups in total. The molecule has 0 aliphatic carbocycles. The minimum absolute atomic E-state index is 0.107. The second kappa shape index (κ2) is 12.6. The summed E-state index contributed by atoms with van der Waals surface area (Å²) < 4.78 is 0. The lowest BCUT2D eigenvalue weighted by atomic mass is 10.0. The van der Waals surface area contributed by atoms with Crippen LogP contribution in [0, 0.1) is 0 Å². The van der Waals surface area contributed by atoms with E-state index in [1.54, 1.807) is 72.0 Å². The molecule has 1 aromatic heterocycles. The summed E-state index contributed by atoms with van der Waals surface area (Å²) in [6, 6.07) is 27.1. The Kier molecular flexibility index (Phi) is 8.80. The topological polar surface area (TPSA) is 75.3 Å². The Balaban J connectivity index is 1.51. The highest BCUT2D eigenvalue weighted by Crippen LogP contribution is 2.18. The maximum atomic E-state index is 13.2. The molecule has 38 heavy (non-hydrogen) atoms. The summed E-state index contributed by atoms with van der Waals surface area (Å²) in [6.07, 6.45) is 4.96. The van der Waals surface area contributed by atoms with Gasteiger partial charge < -0.3 is 10.6 Å². The van der Waals surface area contributed by atoms with Crippen LogP contribution in [0.4, 0.5) is 5.69 Å². The van der Waals surface area contributed by atoms with Crippen LogP contribution in [-0.2, 0) is 4.79 Å². The van der Waals surface area contributed by atoms with E-state index in [-0.39, 0.29) is 17.4 Å². The summed E-state index contributed by atoms with van der Waals surface area (Å²) in [5, 5.41) is 7.52. The van der Waals surface area contributed by atoms with Gasteiger partial charge in [-0.25, -0.2) is 0 Å². The minimum atomic E-state index is -0.473. The Morgan fingerprint density at radius 1 is 0.789 bits per heavy atom. The van der Waals surface area contributed by atoms with Crippen LogP contribution in [0.25, 0.3) is 12.2 Å². The highest BCUT2D eigenvalue weighted by Gasteiger charge is 2.15. The molecule has 3 aromatic carbocycles. The molecule has 1 heterocycles. The van der Waals surface area contributed by atoms with Gasteiger partial charge in [-0.3, -0.25) is 14.4 Å². The van der Waals surface area contributed by atoms with Crippen molar-refractivity contribution in [3.05, 3.63) is 135 Å². The van der Waals surface area contributed by atoms with Crippen molar-refractivity contribution < 1.29 is 14.4 Å². The zero-order valence-electron chi connectivity index (χ0n) is 21.2. The number of benzene rings is 3. The summed E-state index contributed by atoms with van der Waals surface area (Å²) >= 11 is 1.56. The van der Waals surface area contributed by atoms with E-state index in [0.717, 1.165) is 10.4 Å². The molecule has 190 valence electrons. The predicted molar refractivity (Wildman–Crippen MR) is 155 cm³/mol. The maximum absolute atomic E-state index is 13.2. The fraction of sp³-hybridized carbons (Fsp3) is 0.0938. The van der Waals surface area contributed by atoms with Gasteiger partial charge >= 0.3 is 0 Å². The third-order valence-corrected chi connectivity index (χ3v) is 6.65. The monoisotopic (exact) mass is 520 g/mol. The van der Waals surface area contributed by atoms with E-state index in [4.69, 9.17) is 0 Å². The lowest BCUT2D eigenvalue weighted by Crippen LogP contribution is -2.30. The molecule has 0 unspecified atom stereocenters. The highest BCUT2D eigenvalue weighted by molar-refractivity contribution is 7.10. The summed E-state index contributed by atoms with van der Waals surface area (Å²) in [6.45, 7) is 4.23. The Morgan fingerprint density at radius 3 is 2.13 bits per heavy atom. The van der Waals surface area contributed by atoms with E-state index in [0.29, 0.717) is 22.7 Å². The second-order valence-corrected chi connectivity index (χ2v) is 9.92. The number of ketones is 1. The first-order valence-electron chi connectivity index (χ1n) is 12.2. The zero-order valence-corrected chi connectivity index (χ0v) is 22.0. The van der Waals surface area contributed by atoms with Crippen LogP contribution in [0.2, 0.25) is 0 Å². The number of hydrogen-bond donors (Lipinski definition) is 2. The quantitative estimate of drug-likeness (QED) is 0.181. The molecule has 0 fully saturated rings. The van der Waals surface area contributed by atoms with Crippen molar-refractivity contribution in [2.45, 2.75) is 19.8 Å². The van der Waals surface area contributed by atoms with Gasteiger partial charge in [0.25, 0.3) is 11.8 Å². The summed E-state index contributed by atoms with van der Waals surface area (Å²) in [5.41, 5.74) is 3.53. The number of allylic oxidation sites excluding steroid dienone is 1. The normalized spacial score (nSPS) is 11.5. The van der Waals surface area contributed by atoms with Gasteiger partial charge in [-0.05, 0) is 83.1 Å². The van der Waals surface area contributed by atoms with E-state index in [9.17, 15) is 14.4 Å². The molecule has 0 saturated heterocycles. The highest BCUT2D eigenvalue weighted by atomic mass is 32.1. The van der Waals surface area contributed by atoms with Crippen LogP contribution in [0.3, 0.4) is 0 Å². The van der Waals surface area contributed by atoms with Gasteiger partial charge in [-0.1, -0.05) is 62.4 Å². The molecule has 0 saturated carbocycles. The predicted octanol–water partition coefficient (Wildman–Crippen LogP) is 7.18. The number of hydrogen-bond acceptors (Lipinski definition) is 4. The Bertz CT molecular complexity index is 1450. The Labute approximate surface area is 226 Å². The maximum Gasteiger partial charge on any atom is 0.272 e. The molecule has 0 radical (unpaired) electrons. The lowest BCUT2D eigenvalue weighted by molar-refractivity contribution is -0.113. The van der Waals surface area contributed by atoms with Gasteiger partial charge in [-0.2, -0.15) is 0 Å². The molecule has 0 bridgehead atoms. The number of anilines is 1. The molecule has 5 nitrogen and oxygen atoms in total. The number of carbonyl (C=O) groups excluding carboxylic acids is 3. The molecular formula is C32H28N2O3S. The van der Waals surface area contributed by atoms with Gasteiger partial charge in [0.1, 0.15) is 5.70 Å². The summed E-state index contributed by atoms with van der Waals surface area (Å²) in [5.74, 6) is -0.602. The van der Waals surface area contributed by atoms with Gasteiger partial charge in [0, 0.05) is 21.7 Å². The van der Waals surface area contributed by atoms with Crippen molar-refractivity contribution in [2.24, 2.45) is 0 Å². The molecule has 4 aromatic rings. The third kappa shape index (κ3) is 7.24. The van der Waals surface area contributed by atoms with Crippen LogP contribution in [-0.4, -0.2) is 17.6 Å². The minimum Gasteiger partial charge on any atom is -0.321 e. The second-order valence-electron chi connectivity index (χ2n) is 8.94. The van der Waals surface area contributed by atoms with E-state index in [1.807, 2.05) is 47.8 Å². The van der Waals surface area contributed by atoms with Gasteiger partial charge in [0.15, 0.2) is 5.78 Å². The average Bonchev–Trinajstić information content (AvgIpc) is 3.46. The molecule has 0 aliphatic heterocycles. The number of nitrogens with one attached hydrogen (secondary N) is 2. The van der Waals surface area contributed by atoms with Crippen molar-refractivity contribution in [2.75, 3.05) is 5.32 Å². The van der Waals surface area contributed by atoms with Crippen LogP contribution in [0.5, 0.6) is 0 Å². The first kappa shape index (κ1) is 26.5. The van der Waals surface area contributed by atoms with Gasteiger partial charge in [-0.15, -0.1) is 11.3 Å². The van der Waals surface area contributed by atoms with Gasteiger partial charge in [0.2, 0.25) is 0 Å². The fourth-order valence-corrected chi connectivity index (χ4v) is 4.26. The standard InChI is InChI=1S/C32H28N2O3S/c1-22(2)24-12-10-23(11-13-24)21-29(34-31(36)26-7-4-3-5-8-26)32(37)33-27-16-14-25(15-17-27)30(35)19-18-28-9-6-20-38-28/h3-22H,1-2H3,(H,33,37)(H,34,36)/b19-18+,29-21-. The molecule has 4 rings (SSSR count). The van der Waals surface area contributed by atoms with Crippen molar-refractivity contribution in [1.82, 2.24) is 5.32 Å². The zero-order chi connectivity index (χ0) is 26.9. The molecule has 0 atom stereocenters. The first-order chi connectivity index (χ1) is 18.4. The summed E-state index contributed by atoms with van der Waals surface area (Å²) in [7, 11) is 0. The third-order valence-electron chi connectivity index (χ3n) is 5.81. The number of amides is 2. The van der Waals surface area contributed by atoms with Crippen molar-refractivity contribution >= 4 is 46.8 Å². The number of carbonyl (C=O) groups is 3. The number of rotatable bonds is 9.